The molecular weight excluding hydrogens is 260 g/mol. The minimum Gasteiger partial charge on any atom is -0.456 e. The molecule has 3 N–H and O–H groups in total. The smallest absolute Gasteiger partial charge is 0.135 e. The Morgan fingerprint density at radius 1 is 1.00 bits per heavy atom. The molecule has 0 spiro atoms. The number of hydrogen-bond donors (Lipinski definition) is 2. The number of hydrogen-bond acceptors (Lipinski definition) is 3. The highest BCUT2D eigenvalue weighted by Gasteiger charge is 2.34. The molecule has 2 heterocycles. The van der Waals surface area contributed by atoms with Gasteiger partial charge in [0.1, 0.15) is 11.2 Å². The van der Waals surface area contributed by atoms with Crippen LogP contribution in [0.25, 0.3) is 21.9 Å². The van der Waals surface area contributed by atoms with Gasteiger partial charge in [0.05, 0.1) is 5.54 Å². The second-order valence-electron chi connectivity index (χ2n) is 5.07. The van der Waals surface area contributed by atoms with Crippen LogP contribution in [0, 0.1) is 0 Å². The first-order valence-electron chi connectivity index (χ1n) is 6.18. The van der Waals surface area contributed by atoms with E-state index in [2.05, 4.69) is 23.5 Å². The first kappa shape index (κ1) is 12.5. The van der Waals surface area contributed by atoms with Crippen LogP contribution in [-0.2, 0) is 5.54 Å². The molecule has 98 valence electrons. The lowest BCUT2D eigenvalue weighted by Crippen LogP contribution is -2.62. The molecule has 0 aliphatic carbocycles. The normalized spacial score (nSPS) is 17.1. The standard InChI is InChI=1S/C15H14N2O.ClH/c16-15(8-17-9-15)10-5-6-14-12(7-10)11-3-1-2-4-13(11)18-14;/h1-7,17H,8-9,16H2;1H. The van der Waals surface area contributed by atoms with Crippen LogP contribution < -0.4 is 11.1 Å². The molecule has 1 aliphatic heterocycles. The van der Waals surface area contributed by atoms with Crippen LogP contribution in [0.5, 0.6) is 0 Å². The molecule has 2 aromatic carbocycles. The van der Waals surface area contributed by atoms with Crippen molar-refractivity contribution in [3.8, 4) is 0 Å². The monoisotopic (exact) mass is 274 g/mol. The molecular formula is C15H15ClN2O. The lowest BCUT2D eigenvalue weighted by molar-refractivity contribution is 0.287. The molecule has 0 saturated carbocycles. The fourth-order valence-electron chi connectivity index (χ4n) is 2.63. The zero-order valence-electron chi connectivity index (χ0n) is 10.3. The average Bonchev–Trinajstić information content (AvgIpc) is 2.73. The van der Waals surface area contributed by atoms with Crippen molar-refractivity contribution in [2.24, 2.45) is 5.73 Å². The van der Waals surface area contributed by atoms with Crippen LogP contribution in [0.3, 0.4) is 0 Å². The third kappa shape index (κ3) is 1.74. The summed E-state index contributed by atoms with van der Waals surface area (Å²) in [7, 11) is 0. The summed E-state index contributed by atoms with van der Waals surface area (Å²) in [5, 5.41) is 5.54. The van der Waals surface area contributed by atoms with Crippen LogP contribution in [0.4, 0.5) is 0 Å². The second-order valence-corrected chi connectivity index (χ2v) is 5.07. The summed E-state index contributed by atoms with van der Waals surface area (Å²) in [6.45, 7) is 1.68. The van der Waals surface area contributed by atoms with E-state index in [0.29, 0.717) is 0 Å². The Morgan fingerprint density at radius 2 is 1.74 bits per heavy atom. The van der Waals surface area contributed by atoms with Crippen LogP contribution in [-0.4, -0.2) is 13.1 Å². The van der Waals surface area contributed by atoms with Gasteiger partial charge >= 0.3 is 0 Å². The molecule has 0 unspecified atom stereocenters. The van der Waals surface area contributed by atoms with Crippen LogP contribution in [0.2, 0.25) is 0 Å². The third-order valence-electron chi connectivity index (χ3n) is 3.83. The van der Waals surface area contributed by atoms with E-state index in [1.807, 2.05) is 24.3 Å². The predicted octanol–water partition coefficient (Wildman–Crippen LogP) is 2.77. The molecule has 0 bridgehead atoms. The molecule has 1 aromatic heterocycles. The molecule has 3 aromatic rings. The Balaban J connectivity index is 0.00000110. The Labute approximate surface area is 117 Å². The van der Waals surface area contributed by atoms with Gasteiger partial charge in [-0.25, -0.2) is 0 Å². The Bertz CT molecular complexity index is 746. The van der Waals surface area contributed by atoms with Gasteiger partial charge in [0.2, 0.25) is 0 Å². The number of para-hydroxylation sites is 1. The van der Waals surface area contributed by atoms with Gasteiger partial charge in [-0.15, -0.1) is 12.4 Å². The van der Waals surface area contributed by atoms with Gasteiger partial charge in [0.15, 0.2) is 0 Å². The van der Waals surface area contributed by atoms with Crippen LogP contribution >= 0.6 is 12.4 Å². The van der Waals surface area contributed by atoms with Crippen molar-refractivity contribution in [2.45, 2.75) is 5.54 Å². The summed E-state index contributed by atoms with van der Waals surface area (Å²) in [5.74, 6) is 0. The maximum Gasteiger partial charge on any atom is 0.135 e. The first-order valence-corrected chi connectivity index (χ1v) is 6.18. The minimum atomic E-state index is -0.216. The van der Waals surface area contributed by atoms with E-state index in [0.717, 1.165) is 35.0 Å². The predicted molar refractivity (Wildman–Crippen MR) is 79.7 cm³/mol. The summed E-state index contributed by atoms with van der Waals surface area (Å²) in [6, 6.07) is 14.4. The van der Waals surface area contributed by atoms with Crippen molar-refractivity contribution in [2.75, 3.05) is 13.1 Å². The van der Waals surface area contributed by atoms with Crippen molar-refractivity contribution in [3.63, 3.8) is 0 Å². The lowest BCUT2D eigenvalue weighted by Gasteiger charge is -2.39. The SMILES string of the molecule is Cl.NC1(c2ccc3oc4ccccc4c3c2)CNC1. The Kier molecular flexibility index (Phi) is 2.78. The number of benzene rings is 2. The minimum absolute atomic E-state index is 0. The van der Waals surface area contributed by atoms with Gasteiger partial charge in [-0.2, -0.15) is 0 Å². The molecule has 19 heavy (non-hydrogen) atoms. The highest BCUT2D eigenvalue weighted by Crippen LogP contribution is 2.32. The summed E-state index contributed by atoms with van der Waals surface area (Å²) < 4.78 is 5.82. The largest absolute Gasteiger partial charge is 0.456 e. The van der Waals surface area contributed by atoms with Crippen molar-refractivity contribution in [1.29, 1.82) is 0 Å². The number of rotatable bonds is 1. The summed E-state index contributed by atoms with van der Waals surface area (Å²) in [5.41, 5.74) is 9.16. The van der Waals surface area contributed by atoms with Gasteiger partial charge in [-0.1, -0.05) is 24.3 Å². The molecule has 0 atom stereocenters. The summed E-state index contributed by atoms with van der Waals surface area (Å²) in [4.78, 5) is 0. The number of fused-ring (bicyclic) bond motifs is 3. The van der Waals surface area contributed by atoms with Gasteiger partial charge in [-0.05, 0) is 23.8 Å². The fourth-order valence-corrected chi connectivity index (χ4v) is 2.63. The van der Waals surface area contributed by atoms with Crippen molar-refractivity contribution in [3.05, 3.63) is 48.0 Å². The Morgan fingerprint density at radius 3 is 2.47 bits per heavy atom. The van der Waals surface area contributed by atoms with Gasteiger partial charge in [0, 0.05) is 23.9 Å². The van der Waals surface area contributed by atoms with Gasteiger partial charge < -0.3 is 15.5 Å². The molecule has 4 heteroatoms. The maximum absolute atomic E-state index is 6.33. The van der Waals surface area contributed by atoms with E-state index in [1.165, 1.54) is 5.56 Å². The number of nitrogens with one attached hydrogen (secondary N) is 1. The molecule has 0 radical (unpaired) electrons. The lowest BCUT2D eigenvalue weighted by atomic mass is 9.85. The number of furan rings is 1. The Hall–Kier alpha value is -1.55. The van der Waals surface area contributed by atoms with E-state index in [4.69, 9.17) is 10.2 Å². The molecule has 3 nitrogen and oxygen atoms in total. The first-order chi connectivity index (χ1) is 8.76. The quantitative estimate of drug-likeness (QED) is 0.717. The van der Waals surface area contributed by atoms with E-state index in [1.54, 1.807) is 0 Å². The molecule has 1 saturated heterocycles. The molecule has 1 fully saturated rings. The van der Waals surface area contributed by atoms with E-state index in [-0.39, 0.29) is 17.9 Å². The van der Waals surface area contributed by atoms with Crippen LogP contribution in [0.1, 0.15) is 5.56 Å². The molecule has 4 rings (SSSR count). The van der Waals surface area contributed by atoms with Crippen molar-refractivity contribution in [1.82, 2.24) is 5.32 Å². The van der Waals surface area contributed by atoms with E-state index < -0.39 is 0 Å². The number of halogens is 1. The molecule has 1 aliphatic rings. The summed E-state index contributed by atoms with van der Waals surface area (Å²) in [6.07, 6.45) is 0. The molecule has 0 amide bonds. The highest BCUT2D eigenvalue weighted by atomic mass is 35.5. The summed E-state index contributed by atoms with van der Waals surface area (Å²) >= 11 is 0. The van der Waals surface area contributed by atoms with Gasteiger partial charge in [0.25, 0.3) is 0 Å². The van der Waals surface area contributed by atoms with Gasteiger partial charge in [-0.3, -0.25) is 0 Å². The second kappa shape index (κ2) is 4.23. The zero-order chi connectivity index (χ0) is 12.2. The van der Waals surface area contributed by atoms with E-state index in [9.17, 15) is 0 Å². The zero-order valence-corrected chi connectivity index (χ0v) is 11.2. The number of nitrogens with two attached hydrogens (primary N) is 1. The van der Waals surface area contributed by atoms with E-state index >= 15 is 0 Å². The fraction of sp³-hybridized carbons (Fsp3) is 0.200. The maximum atomic E-state index is 6.33. The average molecular weight is 275 g/mol. The topological polar surface area (TPSA) is 51.2 Å². The van der Waals surface area contributed by atoms with Crippen molar-refractivity contribution >= 4 is 34.3 Å². The third-order valence-corrected chi connectivity index (χ3v) is 3.83. The van der Waals surface area contributed by atoms with Crippen molar-refractivity contribution < 1.29 is 4.42 Å². The van der Waals surface area contributed by atoms with Crippen LogP contribution in [0.15, 0.2) is 46.9 Å². The highest BCUT2D eigenvalue weighted by molar-refractivity contribution is 6.05.